The van der Waals surface area contributed by atoms with Crippen LogP contribution < -0.4 is 5.32 Å². The van der Waals surface area contributed by atoms with Crippen molar-refractivity contribution in [2.45, 2.75) is 40.0 Å². The SMILES string of the molecule is CN1CCN(CCCCCNC(=O)C(C)(C)C)CC1. The van der Waals surface area contributed by atoms with Gasteiger partial charge in [-0.05, 0) is 26.4 Å². The monoisotopic (exact) mass is 269 g/mol. The summed E-state index contributed by atoms with van der Waals surface area (Å²) < 4.78 is 0. The number of carbonyl (C=O) groups excluding carboxylic acids is 1. The standard InChI is InChI=1S/C15H31N3O/c1-15(2,3)14(19)16-8-6-5-7-9-18-12-10-17(4)11-13-18/h5-13H2,1-4H3,(H,16,19). The maximum atomic E-state index is 11.7. The normalized spacial score (nSPS) is 18.5. The van der Waals surface area contributed by atoms with E-state index in [1.54, 1.807) is 0 Å². The van der Waals surface area contributed by atoms with Gasteiger partial charge in [-0.3, -0.25) is 4.79 Å². The van der Waals surface area contributed by atoms with Crippen molar-refractivity contribution < 1.29 is 4.79 Å². The fourth-order valence-corrected chi connectivity index (χ4v) is 2.18. The molecule has 0 bridgehead atoms. The van der Waals surface area contributed by atoms with Gasteiger partial charge in [0.05, 0.1) is 0 Å². The molecule has 0 aromatic rings. The highest BCUT2D eigenvalue weighted by Crippen LogP contribution is 2.12. The molecule has 1 rings (SSSR count). The van der Waals surface area contributed by atoms with Crippen LogP contribution in [0.4, 0.5) is 0 Å². The van der Waals surface area contributed by atoms with Gasteiger partial charge in [0.25, 0.3) is 0 Å². The molecule has 1 N–H and O–H groups in total. The Hall–Kier alpha value is -0.610. The molecule has 0 saturated carbocycles. The topological polar surface area (TPSA) is 35.6 Å². The van der Waals surface area contributed by atoms with Crippen LogP contribution in [0.1, 0.15) is 40.0 Å². The lowest BCUT2D eigenvalue weighted by Gasteiger charge is -2.32. The Morgan fingerprint density at radius 3 is 2.26 bits per heavy atom. The lowest BCUT2D eigenvalue weighted by atomic mass is 9.96. The summed E-state index contributed by atoms with van der Waals surface area (Å²) >= 11 is 0. The van der Waals surface area contributed by atoms with Gasteiger partial charge in [0.15, 0.2) is 0 Å². The fourth-order valence-electron chi connectivity index (χ4n) is 2.18. The largest absolute Gasteiger partial charge is 0.356 e. The number of hydrogen-bond donors (Lipinski definition) is 1. The first-order valence-electron chi connectivity index (χ1n) is 7.59. The molecular formula is C15H31N3O. The van der Waals surface area contributed by atoms with E-state index >= 15 is 0 Å². The number of piperazine rings is 1. The van der Waals surface area contributed by atoms with Gasteiger partial charge in [-0.25, -0.2) is 0 Å². The first-order chi connectivity index (χ1) is 8.89. The van der Waals surface area contributed by atoms with Crippen molar-refractivity contribution >= 4 is 5.91 Å². The second-order valence-electron chi connectivity index (χ2n) is 6.71. The molecule has 1 fully saturated rings. The molecule has 0 unspecified atom stereocenters. The van der Waals surface area contributed by atoms with Crippen molar-refractivity contribution in [1.82, 2.24) is 15.1 Å². The first-order valence-corrected chi connectivity index (χ1v) is 7.59. The summed E-state index contributed by atoms with van der Waals surface area (Å²) in [4.78, 5) is 16.6. The molecule has 1 heterocycles. The van der Waals surface area contributed by atoms with Crippen LogP contribution in [0.25, 0.3) is 0 Å². The third-order valence-corrected chi connectivity index (χ3v) is 3.71. The Kier molecular flexibility index (Phi) is 6.80. The van der Waals surface area contributed by atoms with Gasteiger partial charge >= 0.3 is 0 Å². The molecule has 0 aromatic heterocycles. The van der Waals surface area contributed by atoms with Gasteiger partial charge in [-0.2, -0.15) is 0 Å². The highest BCUT2D eigenvalue weighted by Gasteiger charge is 2.20. The Morgan fingerprint density at radius 1 is 1.05 bits per heavy atom. The smallest absolute Gasteiger partial charge is 0.225 e. The van der Waals surface area contributed by atoms with E-state index in [0.717, 1.165) is 13.0 Å². The predicted molar refractivity (Wildman–Crippen MR) is 80.3 cm³/mol. The van der Waals surface area contributed by atoms with Crippen LogP contribution in [0.15, 0.2) is 0 Å². The molecule has 4 nitrogen and oxygen atoms in total. The second kappa shape index (κ2) is 7.85. The fraction of sp³-hybridized carbons (Fsp3) is 0.933. The number of likely N-dealkylation sites (N-methyl/N-ethyl adjacent to an activating group) is 1. The zero-order valence-electron chi connectivity index (χ0n) is 13.2. The Bertz CT molecular complexity index is 265. The van der Waals surface area contributed by atoms with Gasteiger partial charge in [0.2, 0.25) is 5.91 Å². The molecule has 0 aromatic carbocycles. The molecule has 19 heavy (non-hydrogen) atoms. The van der Waals surface area contributed by atoms with Crippen LogP contribution in [0, 0.1) is 5.41 Å². The van der Waals surface area contributed by atoms with Crippen LogP contribution in [-0.4, -0.2) is 62.0 Å². The van der Waals surface area contributed by atoms with Gasteiger partial charge < -0.3 is 15.1 Å². The Morgan fingerprint density at radius 2 is 1.68 bits per heavy atom. The minimum Gasteiger partial charge on any atom is -0.356 e. The summed E-state index contributed by atoms with van der Waals surface area (Å²) in [5, 5.41) is 3.01. The number of amides is 1. The van der Waals surface area contributed by atoms with E-state index in [4.69, 9.17) is 0 Å². The maximum absolute atomic E-state index is 11.7. The zero-order valence-corrected chi connectivity index (χ0v) is 13.2. The summed E-state index contributed by atoms with van der Waals surface area (Å²) in [7, 11) is 2.19. The number of hydrogen-bond acceptors (Lipinski definition) is 3. The highest BCUT2D eigenvalue weighted by atomic mass is 16.2. The van der Waals surface area contributed by atoms with Gasteiger partial charge in [0.1, 0.15) is 0 Å². The van der Waals surface area contributed by atoms with E-state index in [2.05, 4.69) is 22.2 Å². The molecule has 4 heteroatoms. The van der Waals surface area contributed by atoms with Crippen molar-refractivity contribution in [2.75, 3.05) is 46.3 Å². The van der Waals surface area contributed by atoms with E-state index < -0.39 is 0 Å². The average Bonchev–Trinajstić information content (AvgIpc) is 2.34. The number of carbonyl (C=O) groups is 1. The molecule has 0 aliphatic carbocycles. The minimum atomic E-state index is -0.264. The summed E-state index contributed by atoms with van der Waals surface area (Å²) in [6.45, 7) is 12.7. The van der Waals surface area contributed by atoms with Crippen LogP contribution in [-0.2, 0) is 4.79 Å². The van der Waals surface area contributed by atoms with Crippen LogP contribution in [0.5, 0.6) is 0 Å². The molecule has 0 spiro atoms. The Balaban J connectivity index is 1.96. The van der Waals surface area contributed by atoms with Gasteiger partial charge in [0, 0.05) is 38.1 Å². The van der Waals surface area contributed by atoms with E-state index in [1.165, 1.54) is 45.6 Å². The van der Waals surface area contributed by atoms with Crippen molar-refractivity contribution in [3.05, 3.63) is 0 Å². The summed E-state index contributed by atoms with van der Waals surface area (Å²) in [6, 6.07) is 0. The predicted octanol–water partition coefficient (Wildman–Crippen LogP) is 1.57. The lowest BCUT2D eigenvalue weighted by molar-refractivity contribution is -0.128. The van der Waals surface area contributed by atoms with Gasteiger partial charge in [-0.1, -0.05) is 27.2 Å². The zero-order chi connectivity index (χ0) is 14.3. The third-order valence-electron chi connectivity index (χ3n) is 3.71. The van der Waals surface area contributed by atoms with E-state index in [0.29, 0.717) is 0 Å². The van der Waals surface area contributed by atoms with E-state index in [-0.39, 0.29) is 11.3 Å². The van der Waals surface area contributed by atoms with Crippen molar-refractivity contribution in [2.24, 2.45) is 5.41 Å². The summed E-state index contributed by atoms with van der Waals surface area (Å²) in [5.74, 6) is 0.159. The van der Waals surface area contributed by atoms with E-state index in [9.17, 15) is 4.79 Å². The number of rotatable bonds is 6. The number of nitrogens with one attached hydrogen (secondary N) is 1. The van der Waals surface area contributed by atoms with Crippen LogP contribution in [0.3, 0.4) is 0 Å². The molecule has 0 radical (unpaired) electrons. The quantitative estimate of drug-likeness (QED) is 0.744. The highest BCUT2D eigenvalue weighted by molar-refractivity contribution is 5.81. The van der Waals surface area contributed by atoms with E-state index in [1.807, 2.05) is 20.8 Å². The summed E-state index contributed by atoms with van der Waals surface area (Å²) in [6.07, 6.45) is 3.54. The molecule has 1 aliphatic heterocycles. The first kappa shape index (κ1) is 16.4. The van der Waals surface area contributed by atoms with Crippen molar-refractivity contribution in [1.29, 1.82) is 0 Å². The molecule has 112 valence electrons. The molecule has 1 aliphatic rings. The van der Waals surface area contributed by atoms with Crippen LogP contribution in [0.2, 0.25) is 0 Å². The van der Waals surface area contributed by atoms with Crippen molar-refractivity contribution in [3.8, 4) is 0 Å². The third kappa shape index (κ3) is 6.92. The average molecular weight is 269 g/mol. The molecule has 1 saturated heterocycles. The van der Waals surface area contributed by atoms with Gasteiger partial charge in [-0.15, -0.1) is 0 Å². The molecular weight excluding hydrogens is 238 g/mol. The lowest BCUT2D eigenvalue weighted by Crippen LogP contribution is -2.44. The van der Waals surface area contributed by atoms with Crippen molar-refractivity contribution in [3.63, 3.8) is 0 Å². The number of nitrogens with zero attached hydrogens (tertiary/aromatic N) is 2. The molecule has 1 amide bonds. The minimum absolute atomic E-state index is 0.159. The van der Waals surface area contributed by atoms with Crippen LogP contribution >= 0.6 is 0 Å². The maximum Gasteiger partial charge on any atom is 0.225 e. The Labute approximate surface area is 118 Å². The summed E-state index contributed by atoms with van der Waals surface area (Å²) in [5.41, 5.74) is -0.264. The number of unbranched alkanes of at least 4 members (excludes halogenated alkanes) is 2. The second-order valence-corrected chi connectivity index (χ2v) is 6.71. The molecule has 0 atom stereocenters.